The molecule has 0 aliphatic heterocycles. The summed E-state index contributed by atoms with van der Waals surface area (Å²) in [6.07, 6.45) is -1.01. The molecule has 0 aliphatic rings. The molecule has 0 aromatic carbocycles. The molecular formula is C10H17F3N4. The second-order valence-electron chi connectivity index (χ2n) is 4.28. The molecule has 2 unspecified atom stereocenters. The molecule has 7 heteroatoms. The lowest BCUT2D eigenvalue weighted by Crippen LogP contribution is -2.41. The van der Waals surface area contributed by atoms with Crippen molar-refractivity contribution in [1.29, 1.82) is 0 Å². The predicted molar refractivity (Wildman–Crippen MR) is 58.3 cm³/mol. The van der Waals surface area contributed by atoms with Crippen molar-refractivity contribution in [2.45, 2.75) is 25.2 Å². The zero-order chi connectivity index (χ0) is 13.2. The molecule has 0 fully saturated rings. The number of nitrogens with two attached hydrogens (primary N) is 1. The highest BCUT2D eigenvalue weighted by molar-refractivity contribution is 5.12. The number of aryl methyl sites for hydroxylation is 1. The van der Waals surface area contributed by atoms with Gasteiger partial charge in [0.25, 0.3) is 0 Å². The van der Waals surface area contributed by atoms with E-state index in [4.69, 9.17) is 5.73 Å². The molecule has 0 spiro atoms. The summed E-state index contributed by atoms with van der Waals surface area (Å²) in [7, 11) is 3.13. The van der Waals surface area contributed by atoms with Crippen LogP contribution in [-0.4, -0.2) is 40.5 Å². The van der Waals surface area contributed by atoms with Crippen LogP contribution in [-0.2, 0) is 7.05 Å². The van der Waals surface area contributed by atoms with Crippen molar-refractivity contribution in [1.82, 2.24) is 14.7 Å². The van der Waals surface area contributed by atoms with Gasteiger partial charge < -0.3 is 5.73 Å². The van der Waals surface area contributed by atoms with Gasteiger partial charge in [-0.05, 0) is 14.0 Å². The maximum Gasteiger partial charge on any atom is 0.401 e. The number of aromatic nitrogens is 2. The van der Waals surface area contributed by atoms with E-state index in [0.29, 0.717) is 5.56 Å². The van der Waals surface area contributed by atoms with Crippen molar-refractivity contribution >= 4 is 0 Å². The Labute approximate surface area is 98.2 Å². The summed E-state index contributed by atoms with van der Waals surface area (Å²) in [5.74, 6) is 0. The number of rotatable bonds is 4. The SMILES string of the molecule is CC(N)C(c1cnn(C)c1)N(C)CC(F)(F)F. The van der Waals surface area contributed by atoms with Crippen molar-refractivity contribution < 1.29 is 13.2 Å². The lowest BCUT2D eigenvalue weighted by atomic mass is 10.0. The van der Waals surface area contributed by atoms with E-state index in [-0.39, 0.29) is 0 Å². The quantitative estimate of drug-likeness (QED) is 0.876. The number of hydrogen-bond donors (Lipinski definition) is 1. The van der Waals surface area contributed by atoms with Gasteiger partial charge in [0.05, 0.1) is 18.8 Å². The predicted octanol–water partition coefficient (Wildman–Crippen LogP) is 1.30. The first-order valence-corrected chi connectivity index (χ1v) is 5.22. The normalized spacial score (nSPS) is 16.2. The van der Waals surface area contributed by atoms with E-state index in [1.165, 1.54) is 11.9 Å². The first-order valence-electron chi connectivity index (χ1n) is 5.22. The van der Waals surface area contributed by atoms with Crippen molar-refractivity contribution in [2.75, 3.05) is 13.6 Å². The molecule has 0 saturated carbocycles. The van der Waals surface area contributed by atoms with E-state index in [2.05, 4.69) is 5.10 Å². The van der Waals surface area contributed by atoms with Crippen LogP contribution in [0.4, 0.5) is 13.2 Å². The highest BCUT2D eigenvalue weighted by Crippen LogP contribution is 2.25. The molecule has 98 valence electrons. The lowest BCUT2D eigenvalue weighted by Gasteiger charge is -2.30. The topological polar surface area (TPSA) is 47.1 Å². The Morgan fingerprint density at radius 2 is 2.12 bits per heavy atom. The van der Waals surface area contributed by atoms with Gasteiger partial charge in [0.1, 0.15) is 0 Å². The average Bonchev–Trinajstić information content (AvgIpc) is 2.47. The van der Waals surface area contributed by atoms with Crippen LogP contribution in [0.3, 0.4) is 0 Å². The zero-order valence-corrected chi connectivity index (χ0v) is 10.1. The van der Waals surface area contributed by atoms with Crippen LogP contribution in [0, 0.1) is 0 Å². The van der Waals surface area contributed by atoms with Gasteiger partial charge in [0.15, 0.2) is 0 Å². The molecule has 0 aliphatic carbocycles. The number of hydrogen-bond acceptors (Lipinski definition) is 3. The Balaban J connectivity index is 2.86. The molecule has 2 N–H and O–H groups in total. The highest BCUT2D eigenvalue weighted by atomic mass is 19.4. The molecule has 0 bridgehead atoms. The Hall–Kier alpha value is -1.08. The zero-order valence-electron chi connectivity index (χ0n) is 10.1. The largest absolute Gasteiger partial charge is 0.401 e. The summed E-state index contributed by atoms with van der Waals surface area (Å²) in [6, 6.07) is -0.906. The summed E-state index contributed by atoms with van der Waals surface area (Å²) >= 11 is 0. The van der Waals surface area contributed by atoms with Gasteiger partial charge >= 0.3 is 6.18 Å². The van der Waals surface area contributed by atoms with Crippen LogP contribution in [0.5, 0.6) is 0 Å². The molecular weight excluding hydrogens is 233 g/mol. The van der Waals surface area contributed by atoms with Crippen molar-refractivity contribution in [3.05, 3.63) is 18.0 Å². The minimum atomic E-state index is -4.23. The van der Waals surface area contributed by atoms with E-state index in [1.54, 1.807) is 31.0 Å². The van der Waals surface area contributed by atoms with Crippen molar-refractivity contribution in [2.24, 2.45) is 12.8 Å². The molecule has 1 rings (SSSR count). The van der Waals surface area contributed by atoms with Crippen LogP contribution in [0.25, 0.3) is 0 Å². The third kappa shape index (κ3) is 4.01. The first kappa shape index (κ1) is 14.0. The summed E-state index contributed by atoms with van der Waals surface area (Å²) < 4.78 is 38.6. The molecule has 1 heterocycles. The van der Waals surface area contributed by atoms with Crippen molar-refractivity contribution in [3.8, 4) is 0 Å². The molecule has 1 aromatic heterocycles. The summed E-state index contributed by atoms with van der Waals surface area (Å²) in [5, 5.41) is 3.95. The number of alkyl halides is 3. The minimum absolute atomic E-state index is 0.411. The summed E-state index contributed by atoms with van der Waals surface area (Å²) in [4.78, 5) is 1.20. The molecule has 0 radical (unpaired) electrons. The van der Waals surface area contributed by atoms with Crippen LogP contribution in [0.1, 0.15) is 18.5 Å². The highest BCUT2D eigenvalue weighted by Gasteiger charge is 2.34. The molecule has 0 amide bonds. The van der Waals surface area contributed by atoms with Crippen LogP contribution in [0.15, 0.2) is 12.4 Å². The van der Waals surface area contributed by atoms with Gasteiger partial charge in [0.2, 0.25) is 0 Å². The fourth-order valence-electron chi connectivity index (χ4n) is 1.93. The Morgan fingerprint density at radius 3 is 2.47 bits per heavy atom. The first-order chi connectivity index (χ1) is 7.70. The van der Waals surface area contributed by atoms with Crippen molar-refractivity contribution in [3.63, 3.8) is 0 Å². The standard InChI is InChI=1S/C10H17F3N4/c1-7(14)9(8-4-15-17(3)5-8)16(2)6-10(11,12)13/h4-5,7,9H,6,14H2,1-3H3. The van der Waals surface area contributed by atoms with E-state index in [9.17, 15) is 13.2 Å². The molecule has 1 aromatic rings. The fraction of sp³-hybridized carbons (Fsp3) is 0.700. The van der Waals surface area contributed by atoms with Gasteiger partial charge in [0, 0.05) is 24.8 Å². The number of halogens is 3. The molecule has 4 nitrogen and oxygen atoms in total. The number of nitrogens with zero attached hydrogens (tertiary/aromatic N) is 3. The smallest absolute Gasteiger partial charge is 0.326 e. The van der Waals surface area contributed by atoms with E-state index in [1.807, 2.05) is 0 Å². The Bertz CT molecular complexity index is 359. The third-order valence-corrected chi connectivity index (χ3v) is 2.47. The van der Waals surface area contributed by atoms with Gasteiger partial charge in [-0.15, -0.1) is 0 Å². The monoisotopic (exact) mass is 250 g/mol. The third-order valence-electron chi connectivity index (χ3n) is 2.47. The Kier molecular flexibility index (Phi) is 4.16. The maximum absolute atomic E-state index is 12.3. The van der Waals surface area contributed by atoms with E-state index >= 15 is 0 Å². The number of likely N-dealkylation sites (N-methyl/N-ethyl adjacent to an activating group) is 1. The van der Waals surface area contributed by atoms with Gasteiger partial charge in [-0.2, -0.15) is 18.3 Å². The van der Waals surface area contributed by atoms with E-state index < -0.39 is 24.8 Å². The maximum atomic E-state index is 12.3. The minimum Gasteiger partial charge on any atom is -0.326 e. The fourth-order valence-corrected chi connectivity index (χ4v) is 1.93. The van der Waals surface area contributed by atoms with Gasteiger partial charge in [-0.3, -0.25) is 9.58 Å². The summed E-state index contributed by atoms with van der Waals surface area (Å²) in [6.45, 7) is 0.693. The molecule has 2 atom stereocenters. The van der Waals surface area contributed by atoms with Gasteiger partial charge in [-0.1, -0.05) is 0 Å². The average molecular weight is 250 g/mol. The van der Waals surface area contributed by atoms with E-state index in [0.717, 1.165) is 0 Å². The lowest BCUT2D eigenvalue weighted by molar-refractivity contribution is -0.148. The second kappa shape index (κ2) is 5.05. The summed E-state index contributed by atoms with van der Waals surface area (Å²) in [5.41, 5.74) is 6.44. The molecule has 0 saturated heterocycles. The van der Waals surface area contributed by atoms with Gasteiger partial charge in [-0.25, -0.2) is 0 Å². The second-order valence-corrected chi connectivity index (χ2v) is 4.28. The van der Waals surface area contributed by atoms with Crippen LogP contribution >= 0.6 is 0 Å². The van der Waals surface area contributed by atoms with Crippen LogP contribution < -0.4 is 5.73 Å². The Morgan fingerprint density at radius 1 is 1.53 bits per heavy atom. The van der Waals surface area contributed by atoms with Crippen LogP contribution in [0.2, 0.25) is 0 Å². The molecule has 17 heavy (non-hydrogen) atoms.